The fourth-order valence-corrected chi connectivity index (χ4v) is 3.23. The lowest BCUT2D eigenvalue weighted by Gasteiger charge is -2.33. The van der Waals surface area contributed by atoms with E-state index in [1.807, 2.05) is 6.07 Å². The molecule has 0 bridgehead atoms. The summed E-state index contributed by atoms with van der Waals surface area (Å²) in [6.45, 7) is 4.08. The monoisotopic (exact) mass is 334 g/mol. The first-order valence-electron chi connectivity index (χ1n) is 8.29. The van der Waals surface area contributed by atoms with Gasteiger partial charge in [0.2, 0.25) is 0 Å². The third-order valence-electron chi connectivity index (χ3n) is 4.64. The molecule has 1 fully saturated rings. The topological polar surface area (TPSA) is 16.1 Å². The van der Waals surface area contributed by atoms with Crippen molar-refractivity contribution in [3.05, 3.63) is 53.9 Å². The molecular weight excluding hydrogens is 313 g/mol. The van der Waals surface area contributed by atoms with Gasteiger partial charge in [-0.2, -0.15) is 13.2 Å². The average Bonchev–Trinajstić information content (AvgIpc) is 2.57. The number of piperidine rings is 1. The first kappa shape index (κ1) is 17.0. The number of hydrogen-bond acceptors (Lipinski definition) is 2. The minimum absolute atomic E-state index is 0.538. The summed E-state index contributed by atoms with van der Waals surface area (Å²) in [4.78, 5) is 6.65. The predicted molar refractivity (Wildman–Crippen MR) is 88.4 cm³/mol. The van der Waals surface area contributed by atoms with Gasteiger partial charge in [-0.25, -0.2) is 0 Å². The first-order chi connectivity index (χ1) is 11.4. The molecule has 1 aliphatic rings. The van der Waals surface area contributed by atoms with Crippen LogP contribution in [-0.4, -0.2) is 22.5 Å². The SMILES string of the molecule is CC1CCCCN1Cc1cncc(-c2cccc(C(F)(F)F)c2)c1. The van der Waals surface area contributed by atoms with Crippen molar-refractivity contribution in [1.29, 1.82) is 0 Å². The van der Waals surface area contributed by atoms with Crippen LogP contribution < -0.4 is 0 Å². The number of alkyl halides is 3. The lowest BCUT2D eigenvalue weighted by molar-refractivity contribution is -0.137. The van der Waals surface area contributed by atoms with Crippen molar-refractivity contribution in [2.75, 3.05) is 6.54 Å². The normalized spacial score (nSPS) is 19.4. The summed E-state index contributed by atoms with van der Waals surface area (Å²) < 4.78 is 38.7. The van der Waals surface area contributed by atoms with Crippen LogP contribution in [0.1, 0.15) is 37.3 Å². The molecule has 1 atom stereocenters. The van der Waals surface area contributed by atoms with Gasteiger partial charge in [0, 0.05) is 30.5 Å². The Morgan fingerprint density at radius 3 is 2.71 bits per heavy atom. The number of rotatable bonds is 3. The summed E-state index contributed by atoms with van der Waals surface area (Å²) in [6.07, 6.45) is 2.76. The summed E-state index contributed by atoms with van der Waals surface area (Å²) >= 11 is 0. The molecule has 0 N–H and O–H groups in total. The summed E-state index contributed by atoms with van der Waals surface area (Å²) in [6, 6.07) is 7.90. The minimum atomic E-state index is -4.33. The van der Waals surface area contributed by atoms with Crippen LogP contribution >= 0.6 is 0 Å². The fraction of sp³-hybridized carbons (Fsp3) is 0.421. The lowest BCUT2D eigenvalue weighted by Crippen LogP contribution is -2.36. The van der Waals surface area contributed by atoms with Crippen molar-refractivity contribution in [2.45, 2.75) is 44.9 Å². The smallest absolute Gasteiger partial charge is 0.296 e. The van der Waals surface area contributed by atoms with Gasteiger partial charge in [-0.1, -0.05) is 18.6 Å². The lowest BCUT2D eigenvalue weighted by atomic mass is 10.0. The molecule has 2 nitrogen and oxygen atoms in total. The quantitative estimate of drug-likeness (QED) is 0.772. The molecule has 1 aromatic heterocycles. The van der Waals surface area contributed by atoms with Gasteiger partial charge in [0.1, 0.15) is 0 Å². The van der Waals surface area contributed by atoms with Crippen LogP contribution in [-0.2, 0) is 12.7 Å². The highest BCUT2D eigenvalue weighted by molar-refractivity contribution is 5.64. The maximum Gasteiger partial charge on any atom is 0.416 e. The number of nitrogens with zero attached hydrogens (tertiary/aromatic N) is 2. The van der Waals surface area contributed by atoms with Crippen LogP contribution in [0.25, 0.3) is 11.1 Å². The van der Waals surface area contributed by atoms with Crippen molar-refractivity contribution in [2.24, 2.45) is 0 Å². The molecule has 0 aliphatic carbocycles. The van der Waals surface area contributed by atoms with E-state index in [4.69, 9.17) is 0 Å². The van der Waals surface area contributed by atoms with Crippen molar-refractivity contribution in [3.63, 3.8) is 0 Å². The molecule has 1 aromatic carbocycles. The summed E-state index contributed by atoms with van der Waals surface area (Å²) in [5.74, 6) is 0. The van der Waals surface area contributed by atoms with E-state index in [1.54, 1.807) is 18.5 Å². The number of likely N-dealkylation sites (tertiary alicyclic amines) is 1. The van der Waals surface area contributed by atoms with E-state index in [9.17, 15) is 13.2 Å². The van der Waals surface area contributed by atoms with Gasteiger partial charge < -0.3 is 0 Å². The van der Waals surface area contributed by atoms with E-state index in [1.165, 1.54) is 31.4 Å². The van der Waals surface area contributed by atoms with Crippen LogP contribution in [0.5, 0.6) is 0 Å². The molecule has 3 rings (SSSR count). The molecule has 0 spiro atoms. The standard InChI is InChI=1S/C19H21F3N2/c1-14-5-2-3-8-24(14)13-15-9-17(12-23-11-15)16-6-4-7-18(10-16)19(20,21)22/h4,6-7,9-12,14H,2-3,5,8,13H2,1H3. The number of aromatic nitrogens is 1. The Kier molecular flexibility index (Phi) is 4.90. The molecule has 2 aromatic rings. The molecule has 24 heavy (non-hydrogen) atoms. The Balaban J connectivity index is 1.83. The molecule has 2 heterocycles. The Labute approximate surface area is 140 Å². The van der Waals surface area contributed by atoms with Crippen LogP contribution in [0, 0.1) is 0 Å². The maximum atomic E-state index is 12.9. The largest absolute Gasteiger partial charge is 0.416 e. The zero-order valence-electron chi connectivity index (χ0n) is 13.7. The minimum Gasteiger partial charge on any atom is -0.296 e. The molecule has 128 valence electrons. The number of halogens is 3. The van der Waals surface area contributed by atoms with Crippen molar-refractivity contribution in [3.8, 4) is 11.1 Å². The van der Waals surface area contributed by atoms with Crippen LogP contribution in [0.15, 0.2) is 42.7 Å². The molecule has 1 saturated heterocycles. The Morgan fingerprint density at radius 2 is 1.96 bits per heavy atom. The Morgan fingerprint density at radius 1 is 1.12 bits per heavy atom. The average molecular weight is 334 g/mol. The van der Waals surface area contributed by atoms with Gasteiger partial charge in [0.05, 0.1) is 5.56 Å². The van der Waals surface area contributed by atoms with Crippen molar-refractivity contribution >= 4 is 0 Å². The van der Waals surface area contributed by atoms with Crippen molar-refractivity contribution in [1.82, 2.24) is 9.88 Å². The second-order valence-electron chi connectivity index (χ2n) is 6.48. The number of benzene rings is 1. The van der Waals surface area contributed by atoms with Gasteiger partial charge >= 0.3 is 6.18 Å². The van der Waals surface area contributed by atoms with E-state index < -0.39 is 11.7 Å². The Hall–Kier alpha value is -1.88. The highest BCUT2D eigenvalue weighted by Gasteiger charge is 2.30. The highest BCUT2D eigenvalue weighted by Crippen LogP contribution is 2.32. The van der Waals surface area contributed by atoms with Gasteiger partial charge in [0.25, 0.3) is 0 Å². The van der Waals surface area contributed by atoms with E-state index >= 15 is 0 Å². The van der Waals surface area contributed by atoms with E-state index in [0.29, 0.717) is 11.6 Å². The molecular formula is C19H21F3N2. The van der Waals surface area contributed by atoms with Gasteiger partial charge in [0.15, 0.2) is 0 Å². The molecule has 0 radical (unpaired) electrons. The third-order valence-corrected chi connectivity index (χ3v) is 4.64. The fourth-order valence-electron chi connectivity index (χ4n) is 3.23. The molecule has 5 heteroatoms. The van der Waals surface area contributed by atoms with Crippen LogP contribution in [0.3, 0.4) is 0 Å². The molecule has 1 unspecified atom stereocenters. The zero-order chi connectivity index (χ0) is 17.2. The highest BCUT2D eigenvalue weighted by atomic mass is 19.4. The first-order valence-corrected chi connectivity index (χ1v) is 8.29. The van der Waals surface area contributed by atoms with Gasteiger partial charge in [-0.15, -0.1) is 0 Å². The van der Waals surface area contributed by atoms with Crippen LogP contribution in [0.4, 0.5) is 13.2 Å². The molecule has 0 saturated carbocycles. The summed E-state index contributed by atoms with van der Waals surface area (Å²) in [5, 5.41) is 0. The third kappa shape index (κ3) is 3.96. The second kappa shape index (κ2) is 6.93. The number of pyridine rings is 1. The number of hydrogen-bond donors (Lipinski definition) is 0. The van der Waals surface area contributed by atoms with Crippen molar-refractivity contribution < 1.29 is 13.2 Å². The molecule has 1 aliphatic heterocycles. The van der Waals surface area contributed by atoms with E-state index in [-0.39, 0.29) is 0 Å². The summed E-state index contributed by atoms with van der Waals surface area (Å²) in [5.41, 5.74) is 1.68. The summed E-state index contributed by atoms with van der Waals surface area (Å²) in [7, 11) is 0. The van der Waals surface area contributed by atoms with Gasteiger partial charge in [-0.3, -0.25) is 9.88 Å². The molecule has 0 amide bonds. The maximum absolute atomic E-state index is 12.9. The Bertz CT molecular complexity index is 697. The van der Waals surface area contributed by atoms with E-state index in [0.717, 1.165) is 30.3 Å². The van der Waals surface area contributed by atoms with Crippen LogP contribution in [0.2, 0.25) is 0 Å². The zero-order valence-corrected chi connectivity index (χ0v) is 13.7. The van der Waals surface area contributed by atoms with Gasteiger partial charge in [-0.05, 0) is 55.6 Å². The second-order valence-corrected chi connectivity index (χ2v) is 6.48. The van der Waals surface area contributed by atoms with E-state index in [2.05, 4.69) is 16.8 Å². The predicted octanol–water partition coefficient (Wildman–Crippen LogP) is 5.14.